The van der Waals surface area contributed by atoms with E-state index >= 15 is 0 Å². The summed E-state index contributed by atoms with van der Waals surface area (Å²) in [5.41, 5.74) is 0.941. The summed E-state index contributed by atoms with van der Waals surface area (Å²) in [6.45, 7) is 13.1. The third kappa shape index (κ3) is 3.70. The van der Waals surface area contributed by atoms with Crippen LogP contribution in [0.3, 0.4) is 0 Å². The molecule has 2 saturated heterocycles. The summed E-state index contributed by atoms with van der Waals surface area (Å²) in [5, 5.41) is 10.7. The number of benzene rings is 1. The van der Waals surface area contributed by atoms with Crippen LogP contribution in [-0.4, -0.2) is 44.1 Å². The van der Waals surface area contributed by atoms with Crippen LogP contribution in [-0.2, 0) is 18.6 Å². The molecular formula is C19H30O5Si. The van der Waals surface area contributed by atoms with E-state index in [0.717, 1.165) is 5.56 Å². The Morgan fingerprint density at radius 2 is 1.80 bits per heavy atom. The molecule has 0 bridgehead atoms. The average molecular weight is 367 g/mol. The molecule has 0 amide bonds. The van der Waals surface area contributed by atoms with Gasteiger partial charge < -0.3 is 23.7 Å². The lowest BCUT2D eigenvalue weighted by atomic mass is 10.1. The highest BCUT2D eigenvalue weighted by Crippen LogP contribution is 2.44. The number of hydrogen-bond acceptors (Lipinski definition) is 5. The molecule has 6 heteroatoms. The van der Waals surface area contributed by atoms with Crippen LogP contribution in [0.2, 0.25) is 18.1 Å². The number of hydrogen-bond donors (Lipinski definition) is 1. The molecule has 0 saturated carbocycles. The van der Waals surface area contributed by atoms with Crippen molar-refractivity contribution in [2.24, 2.45) is 0 Å². The van der Waals surface area contributed by atoms with Crippen LogP contribution in [0.1, 0.15) is 39.5 Å². The third-order valence-corrected chi connectivity index (χ3v) is 10.1. The second-order valence-electron chi connectivity index (χ2n) is 8.68. The topological polar surface area (TPSA) is 57.2 Å². The lowest BCUT2D eigenvalue weighted by molar-refractivity contribution is -0.248. The van der Waals surface area contributed by atoms with Crippen molar-refractivity contribution < 1.29 is 23.7 Å². The fraction of sp³-hybridized carbons (Fsp3) is 0.684. The molecule has 2 aliphatic rings. The van der Waals surface area contributed by atoms with E-state index in [2.05, 4.69) is 33.9 Å². The van der Waals surface area contributed by atoms with Gasteiger partial charge in [0.1, 0.15) is 18.3 Å². The van der Waals surface area contributed by atoms with Gasteiger partial charge in [-0.05, 0) is 25.1 Å². The Balaban J connectivity index is 1.71. The first-order chi connectivity index (χ1) is 11.5. The molecule has 2 fully saturated rings. The summed E-state index contributed by atoms with van der Waals surface area (Å²) in [5.74, 6) is -1.38. The van der Waals surface area contributed by atoms with Gasteiger partial charge in [0, 0.05) is 5.56 Å². The quantitative estimate of drug-likeness (QED) is 0.825. The maximum absolute atomic E-state index is 10.6. The molecule has 0 aromatic heterocycles. The summed E-state index contributed by atoms with van der Waals surface area (Å²) < 4.78 is 24.2. The van der Waals surface area contributed by atoms with Gasteiger partial charge in [-0.2, -0.15) is 0 Å². The molecule has 0 unspecified atom stereocenters. The van der Waals surface area contributed by atoms with Gasteiger partial charge in [0.15, 0.2) is 20.4 Å². The predicted molar refractivity (Wildman–Crippen MR) is 97.6 cm³/mol. The van der Waals surface area contributed by atoms with Gasteiger partial charge in [-0.1, -0.05) is 51.1 Å². The second-order valence-corrected chi connectivity index (χ2v) is 13.5. The molecule has 0 spiro atoms. The molecule has 1 N–H and O–H groups in total. The second kappa shape index (κ2) is 6.44. The zero-order valence-electron chi connectivity index (χ0n) is 16.0. The van der Waals surface area contributed by atoms with Gasteiger partial charge in [0.05, 0.1) is 6.61 Å². The molecule has 3 rings (SSSR count). The monoisotopic (exact) mass is 366 g/mol. The minimum atomic E-state index is -1.90. The largest absolute Gasteiger partial charge is 0.414 e. The fourth-order valence-corrected chi connectivity index (χ4v) is 4.03. The summed E-state index contributed by atoms with van der Waals surface area (Å²) >= 11 is 0. The van der Waals surface area contributed by atoms with E-state index in [1.807, 2.05) is 30.3 Å². The van der Waals surface area contributed by atoms with Crippen molar-refractivity contribution in [3.63, 3.8) is 0 Å². The van der Waals surface area contributed by atoms with Crippen molar-refractivity contribution in [2.45, 2.75) is 76.2 Å². The Bertz CT molecular complexity index is 596. The lowest BCUT2D eigenvalue weighted by Gasteiger charge is -2.37. The summed E-state index contributed by atoms with van der Waals surface area (Å²) in [7, 11) is -1.90. The van der Waals surface area contributed by atoms with Crippen LogP contribution in [0, 0.1) is 0 Å². The van der Waals surface area contributed by atoms with E-state index in [9.17, 15) is 5.11 Å². The van der Waals surface area contributed by atoms with Crippen LogP contribution >= 0.6 is 0 Å². The van der Waals surface area contributed by atoms with Crippen molar-refractivity contribution in [2.75, 3.05) is 6.61 Å². The number of ether oxygens (including phenoxy) is 3. The smallest absolute Gasteiger partial charge is 0.192 e. The Labute approximate surface area is 151 Å². The summed E-state index contributed by atoms with van der Waals surface area (Å²) in [6.07, 6.45) is -1.69. The minimum Gasteiger partial charge on any atom is -0.414 e. The van der Waals surface area contributed by atoms with E-state index in [1.165, 1.54) is 0 Å². The van der Waals surface area contributed by atoms with E-state index in [1.54, 1.807) is 6.92 Å². The van der Waals surface area contributed by atoms with E-state index in [-0.39, 0.29) is 17.2 Å². The molecule has 2 aliphatic heterocycles. The normalized spacial score (nSPS) is 35.8. The Kier molecular flexibility index (Phi) is 4.90. The van der Waals surface area contributed by atoms with Crippen molar-refractivity contribution in [1.82, 2.24) is 0 Å². The van der Waals surface area contributed by atoms with Gasteiger partial charge >= 0.3 is 0 Å². The molecule has 2 heterocycles. The highest BCUT2D eigenvalue weighted by molar-refractivity contribution is 6.74. The Hall–Kier alpha value is -0.763. The van der Waals surface area contributed by atoms with Crippen molar-refractivity contribution in [3.8, 4) is 0 Å². The van der Waals surface area contributed by atoms with Gasteiger partial charge in [-0.15, -0.1) is 0 Å². The minimum absolute atomic E-state index is 0.118. The molecular weight excluding hydrogens is 336 g/mol. The van der Waals surface area contributed by atoms with Crippen molar-refractivity contribution >= 4 is 8.32 Å². The molecule has 0 radical (unpaired) electrons. The summed E-state index contributed by atoms with van der Waals surface area (Å²) in [6, 6.07) is 9.77. The first kappa shape index (κ1) is 19.0. The van der Waals surface area contributed by atoms with Gasteiger partial charge in [-0.3, -0.25) is 0 Å². The van der Waals surface area contributed by atoms with Crippen molar-refractivity contribution in [1.29, 1.82) is 0 Å². The highest BCUT2D eigenvalue weighted by atomic mass is 28.4. The van der Waals surface area contributed by atoms with E-state index in [4.69, 9.17) is 18.6 Å². The molecule has 1 aromatic rings. The van der Waals surface area contributed by atoms with E-state index in [0.29, 0.717) is 6.61 Å². The first-order valence-corrected chi connectivity index (χ1v) is 11.8. The van der Waals surface area contributed by atoms with Crippen LogP contribution in [0.25, 0.3) is 0 Å². The third-order valence-electron chi connectivity index (χ3n) is 5.62. The molecule has 0 aliphatic carbocycles. The Morgan fingerprint density at radius 1 is 1.16 bits per heavy atom. The average Bonchev–Trinajstić information content (AvgIpc) is 3.05. The molecule has 25 heavy (non-hydrogen) atoms. The fourth-order valence-electron chi connectivity index (χ4n) is 3.01. The van der Waals surface area contributed by atoms with Gasteiger partial charge in [-0.25, -0.2) is 0 Å². The predicted octanol–water partition coefficient (Wildman–Crippen LogP) is 3.60. The number of aliphatic hydroxyl groups is 1. The maximum atomic E-state index is 10.6. The van der Waals surface area contributed by atoms with Gasteiger partial charge in [0.25, 0.3) is 0 Å². The lowest BCUT2D eigenvalue weighted by Crippen LogP contribution is -2.44. The van der Waals surface area contributed by atoms with Gasteiger partial charge in [0.2, 0.25) is 0 Å². The Morgan fingerprint density at radius 3 is 2.40 bits per heavy atom. The SMILES string of the molecule is CC(C)(C)[Si](C)(C)OC[C@H]1O[C@@](C)(O)[C@@H]2O[C@@H](c3ccccc3)O[C@@H]21. The standard InChI is InChI=1S/C19H30O5Si/c1-18(2,3)25(5,6)21-12-14-15-16(19(4,20)24-14)23-17(22-15)13-10-8-7-9-11-13/h7-11,14-17,20H,12H2,1-6H3/t14-,15-,16-,17+,19-/m1/s1. The van der Waals surface area contributed by atoms with Crippen LogP contribution in [0.5, 0.6) is 0 Å². The van der Waals surface area contributed by atoms with Crippen LogP contribution < -0.4 is 0 Å². The highest BCUT2D eigenvalue weighted by Gasteiger charge is 2.59. The zero-order valence-corrected chi connectivity index (χ0v) is 17.0. The first-order valence-electron chi connectivity index (χ1n) is 8.91. The molecule has 140 valence electrons. The zero-order chi connectivity index (χ0) is 18.5. The van der Waals surface area contributed by atoms with Crippen molar-refractivity contribution in [3.05, 3.63) is 35.9 Å². The summed E-state index contributed by atoms with van der Waals surface area (Å²) in [4.78, 5) is 0. The molecule has 5 atom stereocenters. The molecule has 5 nitrogen and oxygen atoms in total. The van der Waals surface area contributed by atoms with Crippen LogP contribution in [0.4, 0.5) is 0 Å². The number of fused-ring (bicyclic) bond motifs is 1. The maximum Gasteiger partial charge on any atom is 0.192 e. The van der Waals surface area contributed by atoms with Crippen LogP contribution in [0.15, 0.2) is 30.3 Å². The number of rotatable bonds is 4. The van der Waals surface area contributed by atoms with E-state index < -0.39 is 26.5 Å². The molecule has 1 aromatic carbocycles.